The number of rotatable bonds is 5. The summed E-state index contributed by atoms with van der Waals surface area (Å²) in [6.45, 7) is 4.77. The molecule has 2 aliphatic carbocycles. The molecular weight excluding hydrogens is 639 g/mol. The smallest absolute Gasteiger partial charge is 0.0720 e. The highest BCUT2D eigenvalue weighted by molar-refractivity contribution is 5.91. The molecule has 1 heteroatoms. The zero-order valence-corrected chi connectivity index (χ0v) is 30.0. The first-order valence-corrected chi connectivity index (χ1v) is 18.6. The first-order chi connectivity index (χ1) is 26.0. The molecule has 0 radical (unpaired) electrons. The summed E-state index contributed by atoms with van der Waals surface area (Å²) in [6.07, 6.45) is 0. The second-order valence-corrected chi connectivity index (χ2v) is 14.9. The summed E-state index contributed by atoms with van der Waals surface area (Å²) in [4.78, 5) is 2.41. The fourth-order valence-electron chi connectivity index (χ4n) is 9.30. The van der Waals surface area contributed by atoms with E-state index in [1.54, 1.807) is 0 Å². The predicted octanol–water partition coefficient (Wildman–Crippen LogP) is 13.5. The van der Waals surface area contributed by atoms with Gasteiger partial charge in [0.05, 0.1) is 5.41 Å². The monoisotopic (exact) mass is 677 g/mol. The highest BCUT2D eigenvalue weighted by atomic mass is 15.1. The van der Waals surface area contributed by atoms with Crippen molar-refractivity contribution < 1.29 is 0 Å². The Morgan fingerprint density at radius 1 is 0.302 bits per heavy atom. The highest BCUT2D eigenvalue weighted by Crippen LogP contribution is 2.62. The van der Waals surface area contributed by atoms with Gasteiger partial charge in [0.15, 0.2) is 0 Å². The van der Waals surface area contributed by atoms with Crippen LogP contribution in [-0.4, -0.2) is 0 Å². The lowest BCUT2D eigenvalue weighted by Crippen LogP contribution is -2.40. The average molecular weight is 678 g/mol. The highest BCUT2D eigenvalue weighted by Gasteiger charge is 2.53. The van der Waals surface area contributed by atoms with Crippen LogP contribution in [0.2, 0.25) is 0 Å². The molecule has 0 aromatic heterocycles. The van der Waals surface area contributed by atoms with Crippen LogP contribution in [0.15, 0.2) is 200 Å². The maximum atomic E-state index is 2.48. The fourth-order valence-corrected chi connectivity index (χ4v) is 9.30. The largest absolute Gasteiger partial charge is 0.310 e. The van der Waals surface area contributed by atoms with Gasteiger partial charge in [0.1, 0.15) is 0 Å². The van der Waals surface area contributed by atoms with Crippen molar-refractivity contribution >= 4 is 17.1 Å². The van der Waals surface area contributed by atoms with Gasteiger partial charge in [-0.3, -0.25) is 0 Å². The Labute approximate surface area is 312 Å². The Hall–Kier alpha value is -6.44. The first-order valence-electron chi connectivity index (χ1n) is 18.6. The standard InChI is InChI=1S/C52H39N/c1-51(2)46-21-11-13-23-48(46)52(49-24-14-12-22-47(49)51)45-20-10-9-19-43(45)44-34-33-42(35-50(44)52)53(40-17-7-4-8-18-40)41-31-29-39(30-32-41)38-27-25-37(26-28-38)36-15-5-3-6-16-36/h3-35H,1-2H3. The van der Waals surface area contributed by atoms with E-state index in [1.165, 1.54) is 66.8 Å². The van der Waals surface area contributed by atoms with Crippen molar-refractivity contribution in [3.63, 3.8) is 0 Å². The molecule has 0 fully saturated rings. The van der Waals surface area contributed by atoms with Gasteiger partial charge in [-0.05, 0) is 103 Å². The average Bonchev–Trinajstić information content (AvgIpc) is 3.52. The molecule has 0 heterocycles. The quantitative estimate of drug-likeness (QED) is 0.175. The van der Waals surface area contributed by atoms with Gasteiger partial charge in [0, 0.05) is 22.5 Å². The van der Waals surface area contributed by atoms with Gasteiger partial charge in [0.25, 0.3) is 0 Å². The molecule has 0 N–H and O–H groups in total. The molecule has 0 saturated carbocycles. The SMILES string of the molecule is CC1(C)c2ccccc2C2(c3ccccc3-c3ccc(N(c4ccccc4)c4ccc(-c5ccc(-c6ccccc6)cc5)cc4)cc32)c2ccccc21. The van der Waals surface area contributed by atoms with Crippen LogP contribution in [0.4, 0.5) is 17.1 Å². The van der Waals surface area contributed by atoms with Crippen molar-refractivity contribution in [2.45, 2.75) is 24.7 Å². The van der Waals surface area contributed by atoms with Crippen molar-refractivity contribution in [3.05, 3.63) is 234 Å². The molecule has 0 unspecified atom stereocenters. The molecule has 53 heavy (non-hydrogen) atoms. The lowest BCUT2D eigenvalue weighted by molar-refractivity contribution is 0.563. The Balaban J connectivity index is 1.14. The van der Waals surface area contributed by atoms with Crippen LogP contribution in [0.5, 0.6) is 0 Å². The van der Waals surface area contributed by atoms with Crippen molar-refractivity contribution in [3.8, 4) is 33.4 Å². The van der Waals surface area contributed by atoms with Crippen molar-refractivity contribution in [2.24, 2.45) is 0 Å². The minimum absolute atomic E-state index is 0.132. The van der Waals surface area contributed by atoms with E-state index in [-0.39, 0.29) is 5.41 Å². The minimum Gasteiger partial charge on any atom is -0.310 e. The molecule has 10 rings (SSSR count). The predicted molar refractivity (Wildman–Crippen MR) is 221 cm³/mol. The van der Waals surface area contributed by atoms with Crippen LogP contribution in [-0.2, 0) is 10.8 Å². The van der Waals surface area contributed by atoms with Crippen molar-refractivity contribution in [1.29, 1.82) is 0 Å². The second-order valence-electron chi connectivity index (χ2n) is 14.9. The van der Waals surface area contributed by atoms with Gasteiger partial charge in [0.2, 0.25) is 0 Å². The zero-order valence-electron chi connectivity index (χ0n) is 30.0. The van der Waals surface area contributed by atoms with Gasteiger partial charge < -0.3 is 4.90 Å². The van der Waals surface area contributed by atoms with Gasteiger partial charge >= 0.3 is 0 Å². The lowest BCUT2D eigenvalue weighted by atomic mass is 9.55. The topological polar surface area (TPSA) is 3.24 Å². The Bertz CT molecular complexity index is 2570. The van der Waals surface area contributed by atoms with E-state index >= 15 is 0 Å². The van der Waals surface area contributed by atoms with E-state index in [9.17, 15) is 0 Å². The van der Waals surface area contributed by atoms with E-state index in [1.807, 2.05) is 0 Å². The summed E-state index contributed by atoms with van der Waals surface area (Å²) >= 11 is 0. The number of hydrogen-bond donors (Lipinski definition) is 0. The molecule has 2 aliphatic rings. The van der Waals surface area contributed by atoms with Gasteiger partial charge in [-0.25, -0.2) is 0 Å². The number of fused-ring (bicyclic) bond motifs is 9. The maximum absolute atomic E-state index is 2.48. The van der Waals surface area contributed by atoms with E-state index in [2.05, 4.69) is 219 Å². The van der Waals surface area contributed by atoms with Crippen LogP contribution in [0.25, 0.3) is 33.4 Å². The number of anilines is 3. The zero-order chi connectivity index (χ0) is 35.6. The van der Waals surface area contributed by atoms with E-state index in [0.29, 0.717) is 0 Å². The summed E-state index contributed by atoms with van der Waals surface area (Å²) in [5.41, 5.74) is 18.5. The fraction of sp³-hybridized carbons (Fsp3) is 0.0769. The summed E-state index contributed by atoms with van der Waals surface area (Å²) in [7, 11) is 0. The number of hydrogen-bond acceptors (Lipinski definition) is 1. The molecule has 8 aromatic rings. The van der Waals surface area contributed by atoms with Gasteiger partial charge in [-0.1, -0.05) is 178 Å². The summed E-state index contributed by atoms with van der Waals surface area (Å²) < 4.78 is 0. The van der Waals surface area contributed by atoms with Crippen molar-refractivity contribution in [1.82, 2.24) is 0 Å². The third-order valence-electron chi connectivity index (χ3n) is 11.8. The molecule has 0 saturated heterocycles. The molecule has 0 aliphatic heterocycles. The second kappa shape index (κ2) is 12.1. The Kier molecular flexibility index (Phi) is 7.13. The van der Waals surface area contributed by atoms with Crippen LogP contribution in [0.1, 0.15) is 47.2 Å². The number of para-hydroxylation sites is 1. The summed E-state index contributed by atoms with van der Waals surface area (Å²) in [5.74, 6) is 0. The van der Waals surface area contributed by atoms with E-state index < -0.39 is 5.41 Å². The minimum atomic E-state index is -0.442. The lowest BCUT2D eigenvalue weighted by Gasteiger charge is -2.46. The third kappa shape index (κ3) is 4.70. The molecule has 8 aromatic carbocycles. The summed E-state index contributed by atoms with van der Waals surface area (Å²) in [5, 5.41) is 0. The van der Waals surface area contributed by atoms with Crippen LogP contribution in [0.3, 0.4) is 0 Å². The van der Waals surface area contributed by atoms with Crippen LogP contribution < -0.4 is 4.90 Å². The van der Waals surface area contributed by atoms with Gasteiger partial charge in [-0.2, -0.15) is 0 Å². The summed E-state index contributed by atoms with van der Waals surface area (Å²) in [6, 6.07) is 73.8. The molecule has 1 spiro atoms. The molecule has 252 valence electrons. The molecular formula is C52H39N. The van der Waals surface area contributed by atoms with Crippen LogP contribution >= 0.6 is 0 Å². The molecule has 0 atom stereocenters. The normalized spacial score (nSPS) is 14.2. The van der Waals surface area contributed by atoms with Crippen LogP contribution in [0, 0.1) is 0 Å². The Morgan fingerprint density at radius 3 is 1.28 bits per heavy atom. The number of nitrogens with zero attached hydrogens (tertiary/aromatic N) is 1. The molecule has 0 amide bonds. The number of benzene rings is 8. The van der Waals surface area contributed by atoms with Gasteiger partial charge in [-0.15, -0.1) is 0 Å². The molecule has 0 bridgehead atoms. The van der Waals surface area contributed by atoms with E-state index in [4.69, 9.17) is 0 Å². The first kappa shape index (κ1) is 31.3. The molecule has 1 nitrogen and oxygen atoms in total. The Morgan fingerprint density at radius 2 is 0.698 bits per heavy atom. The van der Waals surface area contributed by atoms with E-state index in [0.717, 1.165) is 17.1 Å². The van der Waals surface area contributed by atoms with Crippen molar-refractivity contribution in [2.75, 3.05) is 4.90 Å². The third-order valence-corrected chi connectivity index (χ3v) is 11.8. The maximum Gasteiger partial charge on any atom is 0.0720 e.